The molecule has 2 N–H and O–H groups in total. The fraction of sp³-hybridized carbons (Fsp3) is 0.188. The Morgan fingerprint density at radius 2 is 1.91 bits per heavy atom. The number of benzene rings is 1. The lowest BCUT2D eigenvalue weighted by molar-refractivity contribution is 0.237. The molecule has 112 valence electrons. The molecule has 2 heterocycles. The number of fused-ring (bicyclic) bond motifs is 1. The fourth-order valence-corrected chi connectivity index (χ4v) is 2.25. The maximum atomic E-state index is 12.0. The molecule has 0 unspecified atom stereocenters. The molecule has 3 rings (SSSR count). The number of pyridine rings is 1. The van der Waals surface area contributed by atoms with E-state index < -0.39 is 0 Å². The summed E-state index contributed by atoms with van der Waals surface area (Å²) < 4.78 is 1.86. The number of hydrogen-bond donors (Lipinski definition) is 2. The van der Waals surface area contributed by atoms with Gasteiger partial charge in [0.15, 0.2) is 11.5 Å². The third-order valence-corrected chi connectivity index (χ3v) is 3.37. The third-order valence-electron chi connectivity index (χ3n) is 3.37. The minimum Gasteiger partial charge on any atom is -0.334 e. The predicted molar refractivity (Wildman–Crippen MR) is 83.2 cm³/mol. The minimum atomic E-state index is -0.242. The van der Waals surface area contributed by atoms with Gasteiger partial charge in [-0.1, -0.05) is 36.4 Å². The van der Waals surface area contributed by atoms with Crippen LogP contribution in [0.25, 0.3) is 5.65 Å². The molecule has 0 aliphatic heterocycles. The average Bonchev–Trinajstić information content (AvgIpc) is 2.98. The molecule has 6 nitrogen and oxygen atoms in total. The molecule has 0 aliphatic carbocycles. The quantitative estimate of drug-likeness (QED) is 0.775. The Labute approximate surface area is 128 Å². The number of urea groups is 1. The molecule has 2 aromatic heterocycles. The SMILES string of the molecule is C[C@H](NC(=O)NCc1ccccc1)c1nnc2ccccn12. The van der Waals surface area contributed by atoms with E-state index in [2.05, 4.69) is 20.8 Å². The van der Waals surface area contributed by atoms with Crippen LogP contribution in [-0.4, -0.2) is 20.6 Å². The lowest BCUT2D eigenvalue weighted by Gasteiger charge is -2.13. The van der Waals surface area contributed by atoms with Gasteiger partial charge in [-0.25, -0.2) is 4.79 Å². The van der Waals surface area contributed by atoms with Crippen LogP contribution < -0.4 is 10.6 Å². The van der Waals surface area contributed by atoms with Crippen molar-refractivity contribution in [2.24, 2.45) is 0 Å². The van der Waals surface area contributed by atoms with E-state index in [0.717, 1.165) is 11.2 Å². The van der Waals surface area contributed by atoms with Gasteiger partial charge >= 0.3 is 6.03 Å². The number of rotatable bonds is 4. The Bertz CT molecular complexity index is 768. The van der Waals surface area contributed by atoms with Crippen LogP contribution in [0.2, 0.25) is 0 Å². The van der Waals surface area contributed by atoms with E-state index in [1.165, 1.54) is 0 Å². The van der Waals surface area contributed by atoms with Gasteiger partial charge in [0.05, 0.1) is 6.04 Å². The topological polar surface area (TPSA) is 71.3 Å². The first-order chi connectivity index (χ1) is 10.7. The molecule has 0 fully saturated rings. The predicted octanol–water partition coefficient (Wildman–Crippen LogP) is 2.29. The van der Waals surface area contributed by atoms with Gasteiger partial charge in [-0.05, 0) is 24.6 Å². The minimum absolute atomic E-state index is 0.232. The Balaban J connectivity index is 1.61. The summed E-state index contributed by atoms with van der Waals surface area (Å²) in [6, 6.07) is 15.0. The number of hydrogen-bond acceptors (Lipinski definition) is 3. The Kier molecular flexibility index (Phi) is 4.00. The lowest BCUT2D eigenvalue weighted by Crippen LogP contribution is -2.37. The van der Waals surface area contributed by atoms with Crippen LogP contribution in [0.1, 0.15) is 24.4 Å². The van der Waals surface area contributed by atoms with Crippen molar-refractivity contribution in [3.63, 3.8) is 0 Å². The summed E-state index contributed by atoms with van der Waals surface area (Å²) in [5.41, 5.74) is 1.81. The number of nitrogens with zero attached hydrogens (tertiary/aromatic N) is 3. The molecule has 1 aromatic carbocycles. The largest absolute Gasteiger partial charge is 0.334 e. The molecule has 0 saturated heterocycles. The molecule has 0 aliphatic rings. The molecule has 3 aromatic rings. The second-order valence-electron chi connectivity index (χ2n) is 5.02. The highest BCUT2D eigenvalue weighted by Crippen LogP contribution is 2.11. The van der Waals surface area contributed by atoms with Crippen LogP contribution in [-0.2, 0) is 6.54 Å². The van der Waals surface area contributed by atoms with Crippen LogP contribution in [0.15, 0.2) is 54.7 Å². The standard InChI is InChI=1S/C16H17N5O/c1-12(15-20-19-14-9-5-6-10-21(14)15)18-16(22)17-11-13-7-3-2-4-8-13/h2-10,12H,11H2,1H3,(H2,17,18,22)/t12-/m0/s1. The van der Waals surface area contributed by atoms with Gasteiger partial charge < -0.3 is 10.6 Å². The highest BCUT2D eigenvalue weighted by molar-refractivity contribution is 5.74. The number of carbonyl (C=O) groups excluding carboxylic acids is 1. The van der Waals surface area contributed by atoms with E-state index >= 15 is 0 Å². The number of amides is 2. The molecule has 0 bridgehead atoms. The van der Waals surface area contributed by atoms with Crippen molar-refractivity contribution in [2.45, 2.75) is 19.5 Å². The molecular formula is C16H17N5O. The Morgan fingerprint density at radius 1 is 1.14 bits per heavy atom. The van der Waals surface area contributed by atoms with Gasteiger partial charge in [0.25, 0.3) is 0 Å². The van der Waals surface area contributed by atoms with Gasteiger partial charge in [0.1, 0.15) is 0 Å². The zero-order valence-electron chi connectivity index (χ0n) is 12.2. The van der Waals surface area contributed by atoms with Crippen molar-refractivity contribution >= 4 is 11.7 Å². The molecule has 0 saturated carbocycles. The maximum absolute atomic E-state index is 12.0. The van der Waals surface area contributed by atoms with Gasteiger partial charge in [-0.2, -0.15) is 0 Å². The first kappa shape index (κ1) is 14.1. The van der Waals surface area contributed by atoms with Crippen molar-refractivity contribution in [1.82, 2.24) is 25.2 Å². The highest BCUT2D eigenvalue weighted by Gasteiger charge is 2.15. The van der Waals surface area contributed by atoms with Gasteiger partial charge in [-0.15, -0.1) is 10.2 Å². The van der Waals surface area contributed by atoms with E-state index in [1.54, 1.807) is 0 Å². The van der Waals surface area contributed by atoms with Gasteiger partial charge in [-0.3, -0.25) is 4.40 Å². The molecule has 0 radical (unpaired) electrons. The average molecular weight is 295 g/mol. The van der Waals surface area contributed by atoms with Crippen molar-refractivity contribution in [1.29, 1.82) is 0 Å². The summed E-state index contributed by atoms with van der Waals surface area (Å²) in [4.78, 5) is 12.0. The zero-order chi connectivity index (χ0) is 15.4. The molecular weight excluding hydrogens is 278 g/mol. The third kappa shape index (κ3) is 3.06. The van der Waals surface area contributed by atoms with Crippen molar-refractivity contribution < 1.29 is 4.79 Å². The molecule has 0 spiro atoms. The summed E-state index contributed by atoms with van der Waals surface area (Å²) >= 11 is 0. The van der Waals surface area contributed by atoms with E-state index in [-0.39, 0.29) is 12.1 Å². The first-order valence-corrected chi connectivity index (χ1v) is 7.12. The second-order valence-corrected chi connectivity index (χ2v) is 5.02. The summed E-state index contributed by atoms with van der Waals surface area (Å²) in [5, 5.41) is 13.9. The van der Waals surface area contributed by atoms with E-state index in [0.29, 0.717) is 12.4 Å². The summed E-state index contributed by atoms with van der Waals surface area (Å²) in [6.45, 7) is 2.37. The van der Waals surface area contributed by atoms with Crippen molar-refractivity contribution in [3.8, 4) is 0 Å². The van der Waals surface area contributed by atoms with Crippen LogP contribution in [0.3, 0.4) is 0 Å². The number of aromatic nitrogens is 3. The summed E-state index contributed by atoms with van der Waals surface area (Å²) in [7, 11) is 0. The van der Waals surface area contributed by atoms with Crippen LogP contribution >= 0.6 is 0 Å². The molecule has 2 amide bonds. The fourth-order valence-electron chi connectivity index (χ4n) is 2.25. The van der Waals surface area contributed by atoms with Crippen LogP contribution in [0.5, 0.6) is 0 Å². The summed E-state index contributed by atoms with van der Waals surface area (Å²) in [6.07, 6.45) is 1.88. The Hall–Kier alpha value is -2.89. The zero-order valence-corrected chi connectivity index (χ0v) is 12.2. The molecule has 22 heavy (non-hydrogen) atoms. The number of nitrogens with one attached hydrogen (secondary N) is 2. The lowest BCUT2D eigenvalue weighted by atomic mass is 10.2. The molecule has 6 heteroatoms. The smallest absolute Gasteiger partial charge is 0.315 e. The van der Waals surface area contributed by atoms with Gasteiger partial charge in [0, 0.05) is 12.7 Å². The first-order valence-electron chi connectivity index (χ1n) is 7.12. The van der Waals surface area contributed by atoms with Crippen LogP contribution in [0, 0.1) is 0 Å². The highest BCUT2D eigenvalue weighted by atomic mass is 16.2. The normalized spacial score (nSPS) is 12.0. The van der Waals surface area contributed by atoms with E-state index in [4.69, 9.17) is 0 Å². The van der Waals surface area contributed by atoms with Gasteiger partial charge in [0.2, 0.25) is 0 Å². The Morgan fingerprint density at radius 3 is 2.73 bits per heavy atom. The van der Waals surface area contributed by atoms with E-state index in [9.17, 15) is 4.79 Å². The van der Waals surface area contributed by atoms with Crippen molar-refractivity contribution in [2.75, 3.05) is 0 Å². The maximum Gasteiger partial charge on any atom is 0.315 e. The molecule has 1 atom stereocenters. The monoisotopic (exact) mass is 295 g/mol. The van der Waals surface area contributed by atoms with Crippen LogP contribution in [0.4, 0.5) is 4.79 Å². The van der Waals surface area contributed by atoms with E-state index in [1.807, 2.05) is 66.1 Å². The second kappa shape index (κ2) is 6.26. The summed E-state index contributed by atoms with van der Waals surface area (Å²) in [5.74, 6) is 0.700. The number of carbonyl (C=O) groups is 1. The van der Waals surface area contributed by atoms with Crippen molar-refractivity contribution in [3.05, 3.63) is 66.1 Å².